The van der Waals surface area contributed by atoms with E-state index in [0.717, 1.165) is 31.4 Å². The molecule has 1 aromatic rings. The number of benzene rings is 1. The zero-order chi connectivity index (χ0) is 18.5. The maximum Gasteiger partial charge on any atom is 0.229 e. The number of carbonyl (C=O) groups is 2. The van der Waals surface area contributed by atoms with Gasteiger partial charge >= 0.3 is 0 Å². The number of hydrogen-bond donors (Lipinski definition) is 1. The van der Waals surface area contributed by atoms with E-state index in [4.69, 9.17) is 0 Å². The first-order valence-electron chi connectivity index (χ1n) is 10.3. The predicted molar refractivity (Wildman–Crippen MR) is 105 cm³/mol. The first-order chi connectivity index (χ1) is 12.6. The van der Waals surface area contributed by atoms with Crippen molar-refractivity contribution < 1.29 is 9.59 Å². The third-order valence-electron chi connectivity index (χ3n) is 6.04. The molecule has 2 fully saturated rings. The Morgan fingerprint density at radius 3 is 2.27 bits per heavy atom. The molecule has 1 atom stereocenters. The van der Waals surface area contributed by atoms with Gasteiger partial charge in [-0.25, -0.2) is 0 Å². The summed E-state index contributed by atoms with van der Waals surface area (Å²) in [4.78, 5) is 27.5. The van der Waals surface area contributed by atoms with Crippen LogP contribution in [0.15, 0.2) is 18.2 Å². The Morgan fingerprint density at radius 1 is 1.08 bits per heavy atom. The van der Waals surface area contributed by atoms with Crippen LogP contribution >= 0.6 is 0 Å². The van der Waals surface area contributed by atoms with Crippen LogP contribution in [0.25, 0.3) is 0 Å². The second-order valence-electron chi connectivity index (χ2n) is 7.74. The molecule has 2 amide bonds. The van der Waals surface area contributed by atoms with Gasteiger partial charge in [0.1, 0.15) is 0 Å². The van der Waals surface area contributed by atoms with Gasteiger partial charge in [0.05, 0.1) is 5.92 Å². The van der Waals surface area contributed by atoms with E-state index in [0.29, 0.717) is 19.0 Å². The third kappa shape index (κ3) is 4.11. The minimum atomic E-state index is -0.222. The molecule has 0 bridgehead atoms. The summed E-state index contributed by atoms with van der Waals surface area (Å²) in [5.74, 6) is -0.0537. The Morgan fingerprint density at radius 2 is 1.69 bits per heavy atom. The zero-order valence-corrected chi connectivity index (χ0v) is 16.2. The van der Waals surface area contributed by atoms with Gasteiger partial charge in [-0.2, -0.15) is 0 Å². The SMILES string of the molecule is CCc1cccc(CC)c1NC(=O)C1CC(=O)N(C2CCCCCC2)C1. The van der Waals surface area contributed by atoms with Gasteiger partial charge < -0.3 is 10.2 Å². The third-order valence-corrected chi connectivity index (χ3v) is 6.04. The van der Waals surface area contributed by atoms with Gasteiger partial charge in [-0.15, -0.1) is 0 Å². The highest BCUT2D eigenvalue weighted by molar-refractivity contribution is 5.98. The van der Waals surface area contributed by atoms with E-state index in [2.05, 4.69) is 37.4 Å². The van der Waals surface area contributed by atoms with E-state index in [1.165, 1.54) is 36.8 Å². The van der Waals surface area contributed by atoms with Crippen molar-refractivity contribution in [2.45, 2.75) is 77.7 Å². The minimum Gasteiger partial charge on any atom is -0.339 e. The summed E-state index contributed by atoms with van der Waals surface area (Å²) in [6.45, 7) is 4.81. The first-order valence-corrected chi connectivity index (χ1v) is 10.3. The van der Waals surface area contributed by atoms with E-state index >= 15 is 0 Å². The molecule has 3 rings (SSSR count). The Hall–Kier alpha value is -1.84. The van der Waals surface area contributed by atoms with Gasteiger partial charge in [-0.1, -0.05) is 57.7 Å². The quantitative estimate of drug-likeness (QED) is 0.799. The number of nitrogens with one attached hydrogen (secondary N) is 1. The summed E-state index contributed by atoms with van der Waals surface area (Å²) in [5.41, 5.74) is 3.30. The normalized spacial score (nSPS) is 21.7. The minimum absolute atomic E-state index is 0.00470. The lowest BCUT2D eigenvalue weighted by atomic mass is 10.0. The van der Waals surface area contributed by atoms with Crippen LogP contribution in [0, 0.1) is 5.92 Å². The molecule has 26 heavy (non-hydrogen) atoms. The number of nitrogens with zero attached hydrogens (tertiary/aromatic N) is 1. The standard InChI is InChI=1S/C22H32N2O2/c1-3-16-10-9-11-17(4-2)21(16)23-22(26)18-14-20(25)24(15-18)19-12-7-5-6-8-13-19/h9-11,18-19H,3-8,12-15H2,1-2H3,(H,23,26). The second kappa shape index (κ2) is 8.70. The monoisotopic (exact) mass is 356 g/mol. The molecule has 1 heterocycles. The summed E-state index contributed by atoms with van der Waals surface area (Å²) < 4.78 is 0. The first kappa shape index (κ1) is 18.9. The van der Waals surface area contributed by atoms with Crippen molar-refractivity contribution in [2.24, 2.45) is 5.92 Å². The van der Waals surface area contributed by atoms with Crippen LogP contribution in [0.2, 0.25) is 0 Å². The number of carbonyl (C=O) groups excluding carboxylic acids is 2. The number of amides is 2. The van der Waals surface area contributed by atoms with Crippen LogP contribution in [-0.4, -0.2) is 29.3 Å². The number of anilines is 1. The molecular weight excluding hydrogens is 324 g/mol. The van der Waals surface area contributed by atoms with Crippen LogP contribution in [0.5, 0.6) is 0 Å². The molecular formula is C22H32N2O2. The van der Waals surface area contributed by atoms with Crippen molar-refractivity contribution in [3.63, 3.8) is 0 Å². The van der Waals surface area contributed by atoms with Crippen LogP contribution in [0.1, 0.15) is 69.9 Å². The fourth-order valence-electron chi connectivity index (χ4n) is 4.46. The van der Waals surface area contributed by atoms with Crippen LogP contribution in [0.3, 0.4) is 0 Å². The Balaban J connectivity index is 1.69. The van der Waals surface area contributed by atoms with E-state index in [9.17, 15) is 9.59 Å². The number of hydrogen-bond acceptors (Lipinski definition) is 2. The lowest BCUT2D eigenvalue weighted by molar-refractivity contribution is -0.130. The summed E-state index contributed by atoms with van der Waals surface area (Å²) in [7, 11) is 0. The Bertz CT molecular complexity index is 625. The molecule has 1 saturated heterocycles. The van der Waals surface area contributed by atoms with Crippen molar-refractivity contribution >= 4 is 17.5 Å². The second-order valence-corrected chi connectivity index (χ2v) is 7.74. The molecule has 1 aromatic carbocycles. The number of para-hydroxylation sites is 1. The number of aryl methyl sites for hydroxylation is 2. The van der Waals surface area contributed by atoms with Crippen molar-refractivity contribution in [3.8, 4) is 0 Å². The molecule has 0 radical (unpaired) electrons. The van der Waals surface area contributed by atoms with E-state index < -0.39 is 0 Å². The highest BCUT2D eigenvalue weighted by Gasteiger charge is 2.38. The van der Waals surface area contributed by atoms with Crippen LogP contribution in [-0.2, 0) is 22.4 Å². The van der Waals surface area contributed by atoms with Crippen LogP contribution < -0.4 is 5.32 Å². The van der Waals surface area contributed by atoms with E-state index in [1.54, 1.807) is 0 Å². The van der Waals surface area contributed by atoms with Gasteiger partial charge in [0.25, 0.3) is 0 Å². The zero-order valence-electron chi connectivity index (χ0n) is 16.2. The van der Waals surface area contributed by atoms with Crippen molar-refractivity contribution in [2.75, 3.05) is 11.9 Å². The average molecular weight is 357 g/mol. The highest BCUT2D eigenvalue weighted by atomic mass is 16.2. The average Bonchev–Trinajstić information content (AvgIpc) is 2.86. The maximum absolute atomic E-state index is 12.9. The van der Waals surface area contributed by atoms with Gasteiger partial charge in [0.15, 0.2) is 0 Å². The molecule has 4 nitrogen and oxygen atoms in total. The molecule has 0 aromatic heterocycles. The summed E-state index contributed by atoms with van der Waals surface area (Å²) in [6, 6.07) is 6.55. The molecule has 142 valence electrons. The fourth-order valence-corrected chi connectivity index (χ4v) is 4.46. The smallest absolute Gasteiger partial charge is 0.229 e. The molecule has 1 N–H and O–H groups in total. The van der Waals surface area contributed by atoms with Gasteiger partial charge in [0.2, 0.25) is 11.8 Å². The summed E-state index contributed by atoms with van der Waals surface area (Å²) >= 11 is 0. The van der Waals surface area contributed by atoms with Crippen LogP contribution in [0.4, 0.5) is 5.69 Å². The predicted octanol–water partition coefficient (Wildman–Crippen LogP) is 4.32. The lowest BCUT2D eigenvalue weighted by Crippen LogP contribution is -2.37. The molecule has 2 aliphatic rings. The molecule has 0 spiro atoms. The van der Waals surface area contributed by atoms with Crippen molar-refractivity contribution in [3.05, 3.63) is 29.3 Å². The Kier molecular flexibility index (Phi) is 6.33. The molecule has 1 aliphatic carbocycles. The summed E-state index contributed by atoms with van der Waals surface area (Å²) in [6.07, 6.45) is 9.29. The molecule has 1 unspecified atom stereocenters. The Labute approximate surface area is 157 Å². The molecule has 1 saturated carbocycles. The maximum atomic E-state index is 12.9. The van der Waals surface area contributed by atoms with E-state index in [1.807, 2.05) is 4.90 Å². The molecule has 4 heteroatoms. The van der Waals surface area contributed by atoms with Gasteiger partial charge in [-0.3, -0.25) is 9.59 Å². The lowest BCUT2D eigenvalue weighted by Gasteiger charge is -2.27. The van der Waals surface area contributed by atoms with Crippen molar-refractivity contribution in [1.82, 2.24) is 4.90 Å². The summed E-state index contributed by atoms with van der Waals surface area (Å²) in [5, 5.41) is 3.16. The number of likely N-dealkylation sites (tertiary alicyclic amines) is 1. The van der Waals surface area contributed by atoms with Crippen molar-refractivity contribution in [1.29, 1.82) is 0 Å². The highest BCUT2D eigenvalue weighted by Crippen LogP contribution is 2.30. The van der Waals surface area contributed by atoms with E-state index in [-0.39, 0.29) is 17.7 Å². The van der Waals surface area contributed by atoms with Gasteiger partial charge in [-0.05, 0) is 36.8 Å². The fraction of sp³-hybridized carbons (Fsp3) is 0.636. The largest absolute Gasteiger partial charge is 0.339 e. The molecule has 1 aliphatic heterocycles. The topological polar surface area (TPSA) is 49.4 Å². The van der Waals surface area contributed by atoms with Gasteiger partial charge in [0, 0.05) is 24.7 Å². The number of rotatable bonds is 5.